The molecule has 0 aliphatic rings. The minimum atomic E-state index is -5.08. The molecule has 0 saturated carbocycles. The van der Waals surface area contributed by atoms with Crippen LogP contribution in [0, 0.1) is 5.41 Å². The summed E-state index contributed by atoms with van der Waals surface area (Å²) in [5, 5.41) is 23.7. The summed E-state index contributed by atoms with van der Waals surface area (Å²) in [6.07, 6.45) is -2.70. The van der Waals surface area contributed by atoms with Crippen LogP contribution in [0.25, 0.3) is 0 Å². The lowest BCUT2D eigenvalue weighted by atomic mass is 10.1. The van der Waals surface area contributed by atoms with Gasteiger partial charge in [-0.15, -0.1) is 0 Å². The number of guanidine groups is 1. The number of nitrogens with one attached hydrogen (secondary N) is 3. The normalized spacial score (nSPS) is 11.9. The molecule has 0 aromatic heterocycles. The number of nitrogens with two attached hydrogens (primary N) is 1. The first-order valence-corrected chi connectivity index (χ1v) is 13.9. The first kappa shape index (κ1) is 35.9. The van der Waals surface area contributed by atoms with Crippen molar-refractivity contribution in [3.8, 4) is 11.5 Å². The van der Waals surface area contributed by atoms with Crippen molar-refractivity contribution in [3.63, 3.8) is 0 Å². The largest absolute Gasteiger partial charge is 0.494 e. The van der Waals surface area contributed by atoms with E-state index in [2.05, 4.69) is 10.2 Å². The van der Waals surface area contributed by atoms with Gasteiger partial charge in [-0.25, -0.2) is 18.7 Å². The number of alkyl halides is 3. The molecule has 0 amide bonds. The Hall–Kier alpha value is -4.09. The fourth-order valence-electron chi connectivity index (χ4n) is 2.89. The third kappa shape index (κ3) is 14.5. The summed E-state index contributed by atoms with van der Waals surface area (Å²) < 4.78 is 70.5. The Morgan fingerprint density at radius 2 is 1.45 bits per heavy atom. The molecule has 13 nitrogen and oxygen atoms in total. The highest BCUT2D eigenvalue weighted by Gasteiger charge is 2.38. The van der Waals surface area contributed by atoms with Crippen molar-refractivity contribution in [2.45, 2.75) is 49.7 Å². The van der Waals surface area contributed by atoms with Crippen LogP contribution >= 0.6 is 0 Å². The van der Waals surface area contributed by atoms with Gasteiger partial charge in [0.25, 0.3) is 0 Å². The molecule has 2 aromatic carbocycles. The second-order valence-electron chi connectivity index (χ2n) is 8.40. The number of hydroxylamine groups is 1. The van der Waals surface area contributed by atoms with E-state index in [1.54, 1.807) is 36.4 Å². The van der Waals surface area contributed by atoms with E-state index in [0.29, 0.717) is 43.3 Å². The maximum atomic E-state index is 12.7. The van der Waals surface area contributed by atoms with Crippen molar-refractivity contribution in [1.82, 2.24) is 10.2 Å². The maximum Gasteiger partial charge on any atom is 0.490 e. The summed E-state index contributed by atoms with van der Waals surface area (Å²) in [5.74, 6) is -3.20. The third-order valence-electron chi connectivity index (χ3n) is 4.94. The van der Waals surface area contributed by atoms with Crippen LogP contribution in [0.5, 0.6) is 11.5 Å². The number of aliphatic carboxylic acids is 2. The van der Waals surface area contributed by atoms with E-state index in [0.717, 1.165) is 12.8 Å². The molecule has 0 aliphatic heterocycles. The number of carbonyl (C=O) groups is 2. The van der Waals surface area contributed by atoms with Crippen LogP contribution in [0.1, 0.15) is 31.7 Å². The number of benzene rings is 2. The van der Waals surface area contributed by atoms with E-state index in [1.807, 2.05) is 6.92 Å². The molecular formula is C25H33F3N4O9S. The summed E-state index contributed by atoms with van der Waals surface area (Å²) in [6, 6.07) is 11.2. The summed E-state index contributed by atoms with van der Waals surface area (Å²) in [6.45, 7) is 3.24. The summed E-state index contributed by atoms with van der Waals surface area (Å²) in [4.78, 5) is 25.5. The zero-order chi connectivity index (χ0) is 31.8. The Morgan fingerprint density at radius 3 is 1.90 bits per heavy atom. The standard InChI is InChI=1S/C23H32N4O7S.C2HF3O2/c1-2-3-13-32-19-9-11-20(12-10-19)35(30,31)27-21(22(28)29)16-17-5-7-18(8-6-17)33-14-4-15-34-26-23(24)25;3-2(4,5)1(6)7/h5-12,21,27H,2-4,13-16H2,1H3,(H,28,29)(H4,24,25,26);(H,6,7)/t21-;/m0./s1. The molecule has 0 spiro atoms. The topological polar surface area (TPSA) is 210 Å². The Bertz CT molecular complexity index is 1240. The number of hydrogen-bond donors (Lipinski definition) is 6. The van der Waals surface area contributed by atoms with Gasteiger partial charge in [-0.2, -0.15) is 17.9 Å². The highest BCUT2D eigenvalue weighted by Crippen LogP contribution is 2.18. The molecule has 0 heterocycles. The highest BCUT2D eigenvalue weighted by molar-refractivity contribution is 7.89. The van der Waals surface area contributed by atoms with Gasteiger partial charge in [0.1, 0.15) is 17.5 Å². The van der Waals surface area contributed by atoms with Crippen molar-refractivity contribution >= 4 is 27.9 Å². The molecule has 0 bridgehead atoms. The molecule has 2 aromatic rings. The van der Waals surface area contributed by atoms with Gasteiger partial charge >= 0.3 is 18.1 Å². The minimum absolute atomic E-state index is 0.0437. The lowest BCUT2D eigenvalue weighted by Crippen LogP contribution is -2.42. The fraction of sp³-hybridized carbons (Fsp3) is 0.400. The van der Waals surface area contributed by atoms with Crippen molar-refractivity contribution in [2.24, 2.45) is 5.73 Å². The third-order valence-corrected chi connectivity index (χ3v) is 6.43. The molecule has 0 unspecified atom stereocenters. The van der Waals surface area contributed by atoms with Crippen LogP contribution in [-0.2, 0) is 30.9 Å². The fourth-order valence-corrected chi connectivity index (χ4v) is 4.08. The van der Waals surface area contributed by atoms with Gasteiger partial charge in [-0.3, -0.25) is 15.0 Å². The molecule has 2 rings (SSSR count). The first-order valence-electron chi connectivity index (χ1n) is 12.4. The van der Waals surface area contributed by atoms with E-state index in [1.165, 1.54) is 12.1 Å². The zero-order valence-corrected chi connectivity index (χ0v) is 23.3. The lowest BCUT2D eigenvalue weighted by Gasteiger charge is -2.16. The van der Waals surface area contributed by atoms with Crippen LogP contribution in [-0.4, -0.2) is 68.6 Å². The summed E-state index contributed by atoms with van der Waals surface area (Å²) in [7, 11) is -4.05. The van der Waals surface area contributed by atoms with Gasteiger partial charge < -0.3 is 25.4 Å². The molecule has 0 saturated heterocycles. The number of carboxylic acid groups (broad SMARTS) is 2. The molecule has 0 radical (unpaired) electrons. The van der Waals surface area contributed by atoms with Crippen LogP contribution in [0.4, 0.5) is 13.2 Å². The predicted octanol–water partition coefficient (Wildman–Crippen LogP) is 2.66. The Labute approximate surface area is 240 Å². The number of carboxylic acids is 2. The van der Waals surface area contributed by atoms with Gasteiger partial charge in [0.05, 0.1) is 24.7 Å². The second kappa shape index (κ2) is 17.7. The number of unbranched alkanes of at least 4 members (excludes halogenated alkanes) is 1. The molecule has 0 fully saturated rings. The molecule has 0 aliphatic carbocycles. The van der Waals surface area contributed by atoms with E-state index in [-0.39, 0.29) is 17.3 Å². The zero-order valence-electron chi connectivity index (χ0n) is 22.5. The number of halogens is 3. The monoisotopic (exact) mass is 622 g/mol. The van der Waals surface area contributed by atoms with Crippen molar-refractivity contribution in [3.05, 3.63) is 54.1 Å². The second-order valence-corrected chi connectivity index (χ2v) is 10.1. The lowest BCUT2D eigenvalue weighted by molar-refractivity contribution is -0.192. The van der Waals surface area contributed by atoms with Crippen LogP contribution in [0.2, 0.25) is 0 Å². The first-order chi connectivity index (χ1) is 19.7. The van der Waals surface area contributed by atoms with Crippen LogP contribution in [0.3, 0.4) is 0 Å². The van der Waals surface area contributed by atoms with Crippen molar-refractivity contribution in [1.29, 1.82) is 5.41 Å². The van der Waals surface area contributed by atoms with Crippen molar-refractivity contribution < 1.29 is 55.7 Å². The molecule has 1 atom stereocenters. The molecule has 7 N–H and O–H groups in total. The van der Waals surface area contributed by atoms with Gasteiger partial charge in [-0.05, 0) is 54.8 Å². The minimum Gasteiger partial charge on any atom is -0.494 e. The maximum absolute atomic E-state index is 12.7. The van der Waals surface area contributed by atoms with Gasteiger partial charge in [0.2, 0.25) is 16.0 Å². The van der Waals surface area contributed by atoms with Gasteiger partial charge in [0, 0.05) is 6.42 Å². The summed E-state index contributed by atoms with van der Waals surface area (Å²) in [5.41, 5.74) is 7.94. The average molecular weight is 623 g/mol. The van der Waals surface area contributed by atoms with E-state index in [9.17, 15) is 31.5 Å². The van der Waals surface area contributed by atoms with E-state index >= 15 is 0 Å². The molecule has 234 valence electrons. The van der Waals surface area contributed by atoms with E-state index < -0.39 is 34.2 Å². The molecule has 17 heteroatoms. The molecule has 42 heavy (non-hydrogen) atoms. The predicted molar refractivity (Wildman–Crippen MR) is 144 cm³/mol. The van der Waals surface area contributed by atoms with E-state index in [4.69, 9.17) is 35.4 Å². The SMILES string of the molecule is CCCCOc1ccc(S(=O)(=O)N[C@@H](Cc2ccc(OCCCONC(=N)N)cc2)C(=O)O)cc1.O=C(O)C(F)(F)F. The number of sulfonamides is 1. The molecular weight excluding hydrogens is 589 g/mol. The highest BCUT2D eigenvalue weighted by atomic mass is 32.2. The van der Waals surface area contributed by atoms with Crippen LogP contribution in [0.15, 0.2) is 53.4 Å². The number of rotatable bonds is 16. The van der Waals surface area contributed by atoms with Gasteiger partial charge in [0.15, 0.2) is 0 Å². The Balaban J connectivity index is 0.00000112. The number of hydrogen-bond acceptors (Lipinski definition) is 8. The Kier molecular flexibility index (Phi) is 15.1. The number of ether oxygens (including phenoxy) is 2. The smallest absolute Gasteiger partial charge is 0.490 e. The summed E-state index contributed by atoms with van der Waals surface area (Å²) >= 11 is 0. The van der Waals surface area contributed by atoms with Crippen molar-refractivity contribution in [2.75, 3.05) is 19.8 Å². The average Bonchev–Trinajstić information content (AvgIpc) is 2.91. The van der Waals surface area contributed by atoms with Gasteiger partial charge in [-0.1, -0.05) is 25.5 Å². The quantitative estimate of drug-likeness (QED) is 0.0693. The van der Waals surface area contributed by atoms with Crippen LogP contribution < -0.4 is 25.4 Å². The Morgan fingerprint density at radius 1 is 0.952 bits per heavy atom.